The fraction of sp³-hybridized carbons (Fsp3) is 0. The molecule has 4 heteroatoms. The van der Waals surface area contributed by atoms with Gasteiger partial charge in [-0.3, -0.25) is 0 Å². The third-order valence-electron chi connectivity index (χ3n) is 14.5. The van der Waals surface area contributed by atoms with E-state index in [-0.39, 0.29) is 0 Å². The molecule has 0 aliphatic rings. The summed E-state index contributed by atoms with van der Waals surface area (Å²) in [5.74, 6) is 0.706. The Labute approximate surface area is 406 Å². The molecule has 3 nitrogen and oxygen atoms in total. The van der Waals surface area contributed by atoms with Crippen molar-refractivity contribution >= 4 is 107 Å². The third-order valence-corrected chi connectivity index (χ3v) is 15.7. The second-order valence-corrected chi connectivity index (χ2v) is 19.5. The van der Waals surface area contributed by atoms with Crippen molar-refractivity contribution in [2.24, 2.45) is 0 Å². The van der Waals surface area contributed by atoms with Crippen molar-refractivity contribution in [3.63, 3.8) is 0 Å². The van der Waals surface area contributed by atoms with Crippen LogP contribution in [0.15, 0.2) is 237 Å². The summed E-state index contributed by atoms with van der Waals surface area (Å²) in [6.45, 7) is 0. The number of thiophene rings is 1. The summed E-state index contributed by atoms with van der Waals surface area (Å²) in [7, 11) is 0. The van der Waals surface area contributed by atoms with Crippen LogP contribution in [0.25, 0.3) is 147 Å². The van der Waals surface area contributed by atoms with Crippen LogP contribution in [0.3, 0.4) is 0 Å². The molecule has 70 heavy (non-hydrogen) atoms. The Kier molecular flexibility index (Phi) is 8.53. The first-order valence-corrected chi connectivity index (χ1v) is 24.7. The molecule has 0 saturated carbocycles. The molecule has 0 spiro atoms. The molecule has 0 atom stereocenters. The van der Waals surface area contributed by atoms with Crippen molar-refractivity contribution in [2.45, 2.75) is 0 Å². The molecular weight excluding hydrogens is 867 g/mol. The lowest BCUT2D eigenvalue weighted by Crippen LogP contribution is -1.97. The summed E-state index contributed by atoms with van der Waals surface area (Å²) in [6.07, 6.45) is 0. The number of aromatic nitrogens is 3. The average molecular weight is 906 g/mol. The molecule has 0 radical (unpaired) electrons. The first-order valence-electron chi connectivity index (χ1n) is 23.9. The second-order valence-electron chi connectivity index (χ2n) is 18.4. The molecule has 0 unspecified atom stereocenters. The quantitative estimate of drug-likeness (QED) is 0.161. The molecule has 0 aliphatic heterocycles. The first kappa shape index (κ1) is 39.1. The van der Waals surface area contributed by atoms with Gasteiger partial charge >= 0.3 is 0 Å². The van der Waals surface area contributed by atoms with Gasteiger partial charge in [0.2, 0.25) is 0 Å². The number of hydrogen-bond acceptors (Lipinski definition) is 3. The maximum absolute atomic E-state index is 5.54. The standard InChI is InChI=1S/C66H39N3S/c1-3-18-42(19-4-1)59-39-60(49-28-15-20-40-16-7-9-23-46(40)49)68-66(67-59)57-35-44-31-30-43(34-52(44)54-37-58-63(38-55(54)57)70-62-33-32-41-17-8-10-24-47(41)64(58)62)53-36-56-50-26-13-14-29-61(50)69(45-21-5-2-6-22-45)65(56)51-27-12-11-25-48(51)53/h1-39H. The van der Waals surface area contributed by atoms with Gasteiger partial charge < -0.3 is 4.57 Å². The van der Waals surface area contributed by atoms with E-state index in [0.717, 1.165) is 44.5 Å². The molecule has 3 aromatic heterocycles. The van der Waals surface area contributed by atoms with Crippen LogP contribution in [-0.2, 0) is 0 Å². The molecule has 0 bridgehead atoms. The summed E-state index contributed by atoms with van der Waals surface area (Å²) in [5, 5.41) is 17.0. The van der Waals surface area contributed by atoms with Gasteiger partial charge in [-0.15, -0.1) is 11.3 Å². The van der Waals surface area contributed by atoms with Crippen molar-refractivity contribution in [1.29, 1.82) is 0 Å². The van der Waals surface area contributed by atoms with Gasteiger partial charge in [0.1, 0.15) is 0 Å². The molecule has 0 aliphatic carbocycles. The zero-order chi connectivity index (χ0) is 45.9. The van der Waals surface area contributed by atoms with Crippen LogP contribution in [0, 0.1) is 0 Å². The highest BCUT2D eigenvalue weighted by Crippen LogP contribution is 2.47. The van der Waals surface area contributed by atoms with Gasteiger partial charge in [0.25, 0.3) is 0 Å². The Morgan fingerprint density at radius 2 is 0.986 bits per heavy atom. The van der Waals surface area contributed by atoms with E-state index >= 15 is 0 Å². The number of para-hydroxylation sites is 2. The number of hydrogen-bond donors (Lipinski definition) is 0. The van der Waals surface area contributed by atoms with E-state index in [4.69, 9.17) is 9.97 Å². The topological polar surface area (TPSA) is 30.7 Å². The van der Waals surface area contributed by atoms with Crippen LogP contribution in [0.2, 0.25) is 0 Å². The Morgan fingerprint density at radius 1 is 0.314 bits per heavy atom. The summed E-state index contributed by atoms with van der Waals surface area (Å²) in [6, 6.07) is 86.4. The lowest BCUT2D eigenvalue weighted by Gasteiger charge is -2.16. The van der Waals surface area contributed by atoms with Crippen molar-refractivity contribution in [3.05, 3.63) is 237 Å². The van der Waals surface area contributed by atoms with Crippen LogP contribution >= 0.6 is 11.3 Å². The van der Waals surface area contributed by atoms with Crippen molar-refractivity contribution in [3.8, 4) is 50.7 Å². The molecule has 12 aromatic carbocycles. The minimum Gasteiger partial charge on any atom is -0.309 e. The van der Waals surface area contributed by atoms with E-state index in [9.17, 15) is 0 Å². The van der Waals surface area contributed by atoms with Crippen LogP contribution in [0.5, 0.6) is 0 Å². The predicted molar refractivity (Wildman–Crippen MR) is 299 cm³/mol. The lowest BCUT2D eigenvalue weighted by atomic mass is 9.90. The highest BCUT2D eigenvalue weighted by molar-refractivity contribution is 7.26. The number of rotatable bonds is 5. The average Bonchev–Trinajstić information content (AvgIpc) is 3.98. The predicted octanol–water partition coefficient (Wildman–Crippen LogP) is 18.4. The number of fused-ring (bicyclic) bond motifs is 14. The van der Waals surface area contributed by atoms with E-state index < -0.39 is 0 Å². The van der Waals surface area contributed by atoms with E-state index in [0.29, 0.717) is 5.82 Å². The van der Waals surface area contributed by atoms with Gasteiger partial charge in [-0.25, -0.2) is 9.97 Å². The Morgan fingerprint density at radius 3 is 1.83 bits per heavy atom. The second kappa shape index (κ2) is 15.3. The fourth-order valence-corrected chi connectivity index (χ4v) is 12.5. The molecule has 0 saturated heterocycles. The normalized spacial score (nSPS) is 12.0. The minimum absolute atomic E-state index is 0.706. The maximum Gasteiger partial charge on any atom is 0.161 e. The summed E-state index contributed by atoms with van der Waals surface area (Å²) >= 11 is 1.86. The molecule has 15 aromatic rings. The van der Waals surface area contributed by atoms with Gasteiger partial charge in [0.05, 0.1) is 22.4 Å². The van der Waals surface area contributed by atoms with Crippen molar-refractivity contribution < 1.29 is 0 Å². The van der Waals surface area contributed by atoms with Crippen LogP contribution in [0.4, 0.5) is 0 Å². The molecule has 0 amide bonds. The Hall–Kier alpha value is -8.96. The van der Waals surface area contributed by atoms with E-state index in [1.54, 1.807) is 0 Å². The summed E-state index contributed by atoms with van der Waals surface area (Å²) < 4.78 is 4.97. The monoisotopic (exact) mass is 905 g/mol. The van der Waals surface area contributed by atoms with Gasteiger partial charge in [-0.1, -0.05) is 176 Å². The van der Waals surface area contributed by atoms with Gasteiger partial charge in [0.15, 0.2) is 5.82 Å². The van der Waals surface area contributed by atoms with Crippen LogP contribution in [0.1, 0.15) is 0 Å². The van der Waals surface area contributed by atoms with E-state index in [1.165, 1.54) is 96.2 Å². The molecule has 3 heterocycles. The van der Waals surface area contributed by atoms with Gasteiger partial charge in [0, 0.05) is 58.7 Å². The molecule has 0 N–H and O–H groups in total. The lowest BCUT2D eigenvalue weighted by molar-refractivity contribution is 1.19. The summed E-state index contributed by atoms with van der Waals surface area (Å²) in [5.41, 5.74) is 10.9. The maximum atomic E-state index is 5.54. The molecule has 15 rings (SSSR count). The largest absolute Gasteiger partial charge is 0.309 e. The molecular formula is C66H39N3S. The van der Waals surface area contributed by atoms with Crippen LogP contribution in [-0.4, -0.2) is 14.5 Å². The third kappa shape index (κ3) is 5.94. The van der Waals surface area contributed by atoms with E-state index in [2.05, 4.69) is 241 Å². The zero-order valence-corrected chi connectivity index (χ0v) is 38.6. The van der Waals surface area contributed by atoms with E-state index in [1.807, 2.05) is 11.3 Å². The minimum atomic E-state index is 0.706. The highest BCUT2D eigenvalue weighted by Gasteiger charge is 2.21. The SMILES string of the molecule is c1ccc(-c2cc(-c3cccc4ccccc34)nc(-c3cc4ccc(-c5cc6c7ccccc7n(-c7ccccc7)c6c6ccccc56)cc4c4cc5c(cc34)sc3ccc4ccccc4c35)n2)cc1. The van der Waals surface area contributed by atoms with Crippen molar-refractivity contribution in [1.82, 2.24) is 14.5 Å². The number of benzene rings is 12. The molecule has 0 fully saturated rings. The van der Waals surface area contributed by atoms with Crippen LogP contribution < -0.4 is 0 Å². The Bertz CT molecular complexity index is 4640. The highest BCUT2D eigenvalue weighted by atomic mass is 32.1. The van der Waals surface area contributed by atoms with Gasteiger partial charge in [-0.2, -0.15) is 0 Å². The zero-order valence-electron chi connectivity index (χ0n) is 37.8. The smallest absolute Gasteiger partial charge is 0.161 e. The molecule has 324 valence electrons. The Balaban J connectivity index is 1.03. The number of nitrogens with zero attached hydrogens (tertiary/aromatic N) is 3. The van der Waals surface area contributed by atoms with Gasteiger partial charge in [-0.05, 0) is 120 Å². The first-order chi connectivity index (χ1) is 34.7. The van der Waals surface area contributed by atoms with Crippen molar-refractivity contribution in [2.75, 3.05) is 0 Å². The summed E-state index contributed by atoms with van der Waals surface area (Å²) in [4.78, 5) is 11.0. The fourth-order valence-electron chi connectivity index (χ4n) is 11.4.